The van der Waals surface area contributed by atoms with Crippen LogP contribution >= 0.6 is 11.3 Å². The number of rotatable bonds is 4. The van der Waals surface area contributed by atoms with Gasteiger partial charge in [-0.1, -0.05) is 42.5 Å². The van der Waals surface area contributed by atoms with Crippen LogP contribution in [0.3, 0.4) is 0 Å². The molecule has 1 heterocycles. The van der Waals surface area contributed by atoms with E-state index >= 15 is 0 Å². The van der Waals surface area contributed by atoms with E-state index in [1.807, 2.05) is 29.6 Å². The summed E-state index contributed by atoms with van der Waals surface area (Å²) in [5.74, 6) is -2.01. The molecule has 0 aliphatic heterocycles. The van der Waals surface area contributed by atoms with Gasteiger partial charge in [0.1, 0.15) is 10.8 Å². The highest BCUT2D eigenvalue weighted by molar-refractivity contribution is 7.11. The molecule has 0 saturated heterocycles. The fourth-order valence-electron chi connectivity index (χ4n) is 2.88. The van der Waals surface area contributed by atoms with Crippen molar-refractivity contribution < 1.29 is 14.3 Å². The lowest BCUT2D eigenvalue weighted by molar-refractivity contribution is 0.0692. The van der Waals surface area contributed by atoms with Crippen LogP contribution in [0.15, 0.2) is 66.1 Å². The summed E-state index contributed by atoms with van der Waals surface area (Å²) in [5.41, 5.74) is 4.09. The van der Waals surface area contributed by atoms with Crippen molar-refractivity contribution in [1.82, 2.24) is 4.98 Å². The van der Waals surface area contributed by atoms with Crippen molar-refractivity contribution in [3.63, 3.8) is 0 Å². The Morgan fingerprint density at radius 2 is 1.92 bits per heavy atom. The summed E-state index contributed by atoms with van der Waals surface area (Å²) in [6.07, 6.45) is 7.26. The average Bonchev–Trinajstić information content (AvgIpc) is 3.33. The number of carbonyl (C=O) groups is 1. The molecule has 4 rings (SSSR count). The first-order valence-corrected chi connectivity index (χ1v) is 8.96. The van der Waals surface area contributed by atoms with Gasteiger partial charge < -0.3 is 5.11 Å². The van der Waals surface area contributed by atoms with Crippen LogP contribution in [0.2, 0.25) is 0 Å². The minimum absolute atomic E-state index is 0.330. The number of thiazole rings is 1. The quantitative estimate of drug-likeness (QED) is 0.651. The molecule has 0 saturated carbocycles. The second-order valence-corrected chi connectivity index (χ2v) is 6.77. The number of hydrogen-bond acceptors (Lipinski definition) is 3. The van der Waals surface area contributed by atoms with Crippen LogP contribution in [-0.4, -0.2) is 16.1 Å². The Balaban J connectivity index is 1.70. The number of hydrogen-bond donors (Lipinski definition) is 1. The van der Waals surface area contributed by atoms with E-state index in [1.54, 1.807) is 17.4 Å². The largest absolute Gasteiger partial charge is 0.478 e. The lowest BCUT2D eigenvalue weighted by atomic mass is 10.00. The summed E-state index contributed by atoms with van der Waals surface area (Å²) in [5, 5.41) is 12.1. The third-order valence-electron chi connectivity index (χ3n) is 4.21. The summed E-state index contributed by atoms with van der Waals surface area (Å²) in [7, 11) is 0. The first-order chi connectivity index (χ1) is 12.6. The predicted molar refractivity (Wildman–Crippen MR) is 102 cm³/mol. The van der Waals surface area contributed by atoms with E-state index in [2.05, 4.69) is 18.2 Å². The normalized spacial score (nSPS) is 13.0. The molecule has 0 spiro atoms. The van der Waals surface area contributed by atoms with Crippen molar-refractivity contribution >= 4 is 22.9 Å². The van der Waals surface area contributed by atoms with Crippen molar-refractivity contribution in [1.29, 1.82) is 0 Å². The molecule has 128 valence electrons. The zero-order valence-corrected chi connectivity index (χ0v) is 14.5. The monoisotopic (exact) mass is 363 g/mol. The minimum atomic E-state index is -1.28. The van der Waals surface area contributed by atoms with Gasteiger partial charge in [0, 0.05) is 16.5 Å². The van der Waals surface area contributed by atoms with Crippen LogP contribution in [0, 0.1) is 5.82 Å². The van der Waals surface area contributed by atoms with Gasteiger partial charge >= 0.3 is 5.97 Å². The van der Waals surface area contributed by atoms with E-state index < -0.39 is 11.8 Å². The van der Waals surface area contributed by atoms with Gasteiger partial charge in [-0.05, 0) is 35.7 Å². The maximum Gasteiger partial charge on any atom is 0.338 e. The number of allylic oxidation sites excluding steroid dienone is 4. The zero-order chi connectivity index (χ0) is 18.1. The van der Waals surface area contributed by atoms with Crippen LogP contribution in [-0.2, 0) is 0 Å². The highest BCUT2D eigenvalue weighted by Gasteiger charge is 2.13. The fraction of sp³-hybridized carbons (Fsp3) is 0.0476. The van der Waals surface area contributed by atoms with E-state index in [9.17, 15) is 9.18 Å². The highest BCUT2D eigenvalue weighted by atomic mass is 32.1. The summed E-state index contributed by atoms with van der Waals surface area (Å²) >= 11 is 1.59. The molecule has 0 unspecified atom stereocenters. The highest BCUT2D eigenvalue weighted by Crippen LogP contribution is 2.31. The summed E-state index contributed by atoms with van der Waals surface area (Å²) in [4.78, 5) is 15.9. The summed E-state index contributed by atoms with van der Waals surface area (Å²) < 4.78 is 13.6. The summed E-state index contributed by atoms with van der Waals surface area (Å²) in [6.45, 7) is 0. The topological polar surface area (TPSA) is 50.2 Å². The molecule has 5 heteroatoms. The number of carboxylic acids is 1. The number of halogens is 1. The summed E-state index contributed by atoms with van der Waals surface area (Å²) in [6, 6.07) is 11.8. The van der Waals surface area contributed by atoms with Gasteiger partial charge in [0.2, 0.25) is 0 Å². The standard InChI is InChI=1S/C21H14FNO2S/c22-18-9-8-15(11-17(18)21(24)25)14-6-3-7-16(10-14)19-12-26-20(23-19)13-4-1-2-5-13/h1,3-12H,2H2,(H,24,25). The molecule has 0 atom stereocenters. The molecule has 3 nitrogen and oxygen atoms in total. The van der Waals surface area contributed by atoms with Crippen molar-refractivity contribution in [2.45, 2.75) is 6.42 Å². The van der Waals surface area contributed by atoms with Crippen LogP contribution in [0.4, 0.5) is 4.39 Å². The molecule has 1 aliphatic rings. The molecule has 0 amide bonds. The second-order valence-electron chi connectivity index (χ2n) is 5.92. The van der Waals surface area contributed by atoms with Gasteiger partial charge in [-0.15, -0.1) is 11.3 Å². The first-order valence-electron chi connectivity index (χ1n) is 8.08. The van der Waals surface area contributed by atoms with Crippen LogP contribution in [0.1, 0.15) is 21.8 Å². The second kappa shape index (κ2) is 6.69. The van der Waals surface area contributed by atoms with Crippen LogP contribution in [0.5, 0.6) is 0 Å². The lowest BCUT2D eigenvalue weighted by Gasteiger charge is -2.06. The SMILES string of the molecule is O=C(O)c1cc(-c2cccc(-c3csc(C4=CCC=C4)n3)c2)ccc1F. The molecule has 26 heavy (non-hydrogen) atoms. The average molecular weight is 363 g/mol. The maximum atomic E-state index is 13.6. The van der Waals surface area contributed by atoms with E-state index in [0.717, 1.165) is 33.8 Å². The lowest BCUT2D eigenvalue weighted by Crippen LogP contribution is -2.00. The number of nitrogens with zero attached hydrogens (tertiary/aromatic N) is 1. The molecular formula is C21H14FNO2S. The van der Waals surface area contributed by atoms with Gasteiger partial charge in [0.15, 0.2) is 0 Å². The molecule has 0 bridgehead atoms. The predicted octanol–water partition coefficient (Wildman–Crippen LogP) is 5.66. The number of aromatic carboxylic acids is 1. The van der Waals surface area contributed by atoms with Crippen molar-refractivity contribution in [3.05, 3.63) is 82.5 Å². The van der Waals surface area contributed by atoms with Gasteiger partial charge in [-0.25, -0.2) is 14.2 Å². The van der Waals surface area contributed by atoms with Crippen molar-refractivity contribution in [3.8, 4) is 22.4 Å². The Bertz CT molecular complexity index is 1070. The van der Waals surface area contributed by atoms with E-state index in [1.165, 1.54) is 12.1 Å². The Labute approximate surface area is 153 Å². The molecule has 2 aromatic carbocycles. The molecular weight excluding hydrogens is 349 g/mol. The van der Waals surface area contributed by atoms with Gasteiger partial charge in [0.25, 0.3) is 0 Å². The van der Waals surface area contributed by atoms with Gasteiger partial charge in [0.05, 0.1) is 11.3 Å². The number of benzene rings is 2. The Hall–Kier alpha value is -3.05. The van der Waals surface area contributed by atoms with Crippen LogP contribution in [0.25, 0.3) is 28.0 Å². The maximum absolute atomic E-state index is 13.6. The first kappa shape index (κ1) is 16.4. The van der Waals surface area contributed by atoms with Crippen molar-refractivity contribution in [2.75, 3.05) is 0 Å². The number of carboxylic acid groups (broad SMARTS) is 1. The number of aromatic nitrogens is 1. The molecule has 0 fully saturated rings. The van der Waals surface area contributed by atoms with E-state index in [0.29, 0.717) is 5.56 Å². The van der Waals surface area contributed by atoms with Crippen molar-refractivity contribution in [2.24, 2.45) is 0 Å². The third kappa shape index (κ3) is 3.09. The molecule has 1 aromatic heterocycles. The minimum Gasteiger partial charge on any atom is -0.478 e. The fourth-order valence-corrected chi connectivity index (χ4v) is 3.73. The third-order valence-corrected chi connectivity index (χ3v) is 5.10. The molecule has 1 N–H and O–H groups in total. The molecule has 1 aliphatic carbocycles. The van der Waals surface area contributed by atoms with Gasteiger partial charge in [-0.2, -0.15) is 0 Å². The molecule has 3 aromatic rings. The Morgan fingerprint density at radius 3 is 2.69 bits per heavy atom. The van der Waals surface area contributed by atoms with E-state index in [4.69, 9.17) is 10.1 Å². The Morgan fingerprint density at radius 1 is 1.12 bits per heavy atom. The van der Waals surface area contributed by atoms with Gasteiger partial charge in [-0.3, -0.25) is 0 Å². The van der Waals surface area contributed by atoms with E-state index in [-0.39, 0.29) is 5.56 Å². The zero-order valence-electron chi connectivity index (χ0n) is 13.6. The van der Waals surface area contributed by atoms with Crippen LogP contribution < -0.4 is 0 Å². The smallest absolute Gasteiger partial charge is 0.338 e. The Kier molecular flexibility index (Phi) is 4.22. The molecule has 0 radical (unpaired) electrons.